The third kappa shape index (κ3) is 9.68. The summed E-state index contributed by atoms with van der Waals surface area (Å²) in [5.41, 5.74) is 0. The summed E-state index contributed by atoms with van der Waals surface area (Å²) in [5.74, 6) is 0.284. The fraction of sp³-hybridized carbons (Fsp3) is 0.700. The predicted octanol–water partition coefficient (Wildman–Crippen LogP) is -0.0380. The van der Waals surface area contributed by atoms with Crippen molar-refractivity contribution in [1.29, 1.82) is 0 Å². The molecule has 0 unspecified atom stereocenters. The molecule has 0 bridgehead atoms. The highest BCUT2D eigenvalue weighted by molar-refractivity contribution is 7.99. The monoisotopic (exact) mass is 263 g/mol. The number of carbonyl (C=O) groups is 3. The van der Waals surface area contributed by atoms with Crippen molar-refractivity contribution in [3.05, 3.63) is 0 Å². The maximum atomic E-state index is 11.2. The van der Waals surface area contributed by atoms with Crippen molar-refractivity contribution in [2.24, 2.45) is 0 Å². The topological polar surface area (TPSA) is 81.7 Å². The zero-order valence-electron chi connectivity index (χ0n) is 9.99. The zero-order valence-corrected chi connectivity index (χ0v) is 10.8. The van der Waals surface area contributed by atoms with Gasteiger partial charge in [-0.1, -0.05) is 0 Å². The lowest BCUT2D eigenvalue weighted by Gasteiger charge is -2.03. The SMILES string of the molecule is COC(=O)CCSCCC(=O)NCC(=O)OC. The molecule has 0 aliphatic rings. The first-order valence-electron chi connectivity index (χ1n) is 5.08. The van der Waals surface area contributed by atoms with E-state index in [-0.39, 0.29) is 18.4 Å². The van der Waals surface area contributed by atoms with Crippen molar-refractivity contribution in [3.8, 4) is 0 Å². The molecule has 7 heteroatoms. The Morgan fingerprint density at radius 1 is 1.00 bits per heavy atom. The van der Waals surface area contributed by atoms with Crippen LogP contribution in [0.2, 0.25) is 0 Å². The van der Waals surface area contributed by atoms with Gasteiger partial charge in [-0.2, -0.15) is 11.8 Å². The fourth-order valence-electron chi connectivity index (χ4n) is 0.856. The van der Waals surface area contributed by atoms with E-state index in [4.69, 9.17) is 0 Å². The largest absolute Gasteiger partial charge is 0.469 e. The summed E-state index contributed by atoms with van der Waals surface area (Å²) in [5, 5.41) is 2.43. The Kier molecular flexibility index (Phi) is 9.22. The second-order valence-corrected chi connectivity index (χ2v) is 4.27. The third-order valence-electron chi connectivity index (χ3n) is 1.81. The van der Waals surface area contributed by atoms with Crippen molar-refractivity contribution in [2.45, 2.75) is 12.8 Å². The van der Waals surface area contributed by atoms with Crippen LogP contribution < -0.4 is 5.32 Å². The summed E-state index contributed by atoms with van der Waals surface area (Å²) < 4.78 is 8.84. The average Bonchev–Trinajstić information content (AvgIpc) is 2.34. The van der Waals surface area contributed by atoms with Gasteiger partial charge in [0.25, 0.3) is 0 Å². The molecule has 6 nitrogen and oxygen atoms in total. The van der Waals surface area contributed by atoms with Gasteiger partial charge in [0.15, 0.2) is 0 Å². The van der Waals surface area contributed by atoms with Gasteiger partial charge in [0.05, 0.1) is 20.6 Å². The van der Waals surface area contributed by atoms with Gasteiger partial charge >= 0.3 is 11.9 Å². The van der Waals surface area contributed by atoms with Gasteiger partial charge in [0.1, 0.15) is 6.54 Å². The maximum Gasteiger partial charge on any atom is 0.325 e. The summed E-state index contributed by atoms with van der Waals surface area (Å²) in [6, 6.07) is 0. The molecular weight excluding hydrogens is 246 g/mol. The highest BCUT2D eigenvalue weighted by Crippen LogP contribution is 2.04. The Bertz CT molecular complexity index is 269. The standard InChI is InChI=1S/C10H17NO5S/c1-15-9(13)4-6-17-5-3-8(12)11-7-10(14)16-2/h3-7H2,1-2H3,(H,11,12). The van der Waals surface area contributed by atoms with Gasteiger partial charge in [-0.15, -0.1) is 0 Å². The van der Waals surface area contributed by atoms with E-state index in [0.29, 0.717) is 24.3 Å². The zero-order chi connectivity index (χ0) is 13.1. The molecule has 0 aliphatic heterocycles. The van der Waals surface area contributed by atoms with Gasteiger partial charge in [-0.25, -0.2) is 0 Å². The number of hydrogen-bond donors (Lipinski definition) is 1. The lowest BCUT2D eigenvalue weighted by molar-refractivity contribution is -0.141. The predicted molar refractivity (Wildman–Crippen MR) is 63.6 cm³/mol. The smallest absolute Gasteiger partial charge is 0.325 e. The van der Waals surface area contributed by atoms with Crippen molar-refractivity contribution in [3.63, 3.8) is 0 Å². The molecule has 0 aromatic rings. The number of rotatable bonds is 8. The van der Waals surface area contributed by atoms with Crippen LogP contribution in [0.4, 0.5) is 0 Å². The van der Waals surface area contributed by atoms with Crippen LogP contribution in [0.3, 0.4) is 0 Å². The van der Waals surface area contributed by atoms with E-state index in [1.54, 1.807) is 0 Å². The van der Waals surface area contributed by atoms with Gasteiger partial charge in [0, 0.05) is 17.9 Å². The molecule has 98 valence electrons. The summed E-state index contributed by atoms with van der Waals surface area (Å²) in [7, 11) is 2.60. The lowest BCUT2D eigenvalue weighted by atomic mass is 10.4. The number of ether oxygens (including phenoxy) is 2. The number of hydrogen-bond acceptors (Lipinski definition) is 6. The van der Waals surface area contributed by atoms with Crippen LogP contribution in [0, 0.1) is 0 Å². The first kappa shape index (κ1) is 15.8. The number of amides is 1. The van der Waals surface area contributed by atoms with E-state index in [0.717, 1.165) is 0 Å². The number of methoxy groups -OCH3 is 2. The van der Waals surface area contributed by atoms with Crippen LogP contribution in [0.1, 0.15) is 12.8 Å². The van der Waals surface area contributed by atoms with Crippen LogP contribution in [-0.2, 0) is 23.9 Å². The van der Waals surface area contributed by atoms with E-state index in [1.165, 1.54) is 26.0 Å². The Hall–Kier alpha value is -1.24. The van der Waals surface area contributed by atoms with Crippen molar-refractivity contribution >= 4 is 29.6 Å². The van der Waals surface area contributed by atoms with Gasteiger partial charge in [-0.3, -0.25) is 14.4 Å². The van der Waals surface area contributed by atoms with Crippen molar-refractivity contribution in [2.75, 3.05) is 32.3 Å². The summed E-state index contributed by atoms with van der Waals surface area (Å²) in [4.78, 5) is 32.7. The molecule has 0 spiro atoms. The van der Waals surface area contributed by atoms with Crippen LogP contribution in [-0.4, -0.2) is 50.1 Å². The molecule has 17 heavy (non-hydrogen) atoms. The molecule has 0 aliphatic carbocycles. The van der Waals surface area contributed by atoms with E-state index < -0.39 is 5.97 Å². The minimum atomic E-state index is -0.475. The molecular formula is C10H17NO5S. The Morgan fingerprint density at radius 2 is 1.59 bits per heavy atom. The molecule has 0 heterocycles. The molecule has 0 fully saturated rings. The summed E-state index contributed by atoms with van der Waals surface area (Å²) in [6.07, 6.45) is 0.647. The second kappa shape index (κ2) is 9.95. The average molecular weight is 263 g/mol. The normalized spacial score (nSPS) is 9.53. The molecule has 1 amide bonds. The molecule has 0 rings (SSSR count). The fourth-order valence-corrected chi connectivity index (χ4v) is 1.70. The molecule has 1 N–H and O–H groups in total. The third-order valence-corrected chi connectivity index (χ3v) is 2.79. The van der Waals surface area contributed by atoms with Gasteiger partial charge in [0.2, 0.25) is 5.91 Å². The second-order valence-electron chi connectivity index (χ2n) is 3.04. The van der Waals surface area contributed by atoms with E-state index in [1.807, 2.05) is 0 Å². The number of esters is 2. The maximum absolute atomic E-state index is 11.2. The number of carbonyl (C=O) groups excluding carboxylic acids is 3. The molecule has 0 saturated carbocycles. The Morgan fingerprint density at radius 3 is 2.18 bits per heavy atom. The van der Waals surface area contributed by atoms with Crippen LogP contribution in [0.15, 0.2) is 0 Å². The summed E-state index contributed by atoms with van der Waals surface area (Å²) in [6.45, 7) is -0.109. The molecule has 0 atom stereocenters. The minimum Gasteiger partial charge on any atom is -0.469 e. The quantitative estimate of drug-likeness (QED) is 0.489. The van der Waals surface area contributed by atoms with Crippen molar-refractivity contribution < 1.29 is 23.9 Å². The van der Waals surface area contributed by atoms with Crippen LogP contribution in [0.25, 0.3) is 0 Å². The molecule has 0 saturated heterocycles. The molecule has 0 aromatic heterocycles. The number of thioether (sulfide) groups is 1. The highest BCUT2D eigenvalue weighted by Gasteiger charge is 2.05. The van der Waals surface area contributed by atoms with E-state index in [2.05, 4.69) is 14.8 Å². The van der Waals surface area contributed by atoms with Gasteiger partial charge in [-0.05, 0) is 0 Å². The summed E-state index contributed by atoms with van der Waals surface area (Å²) >= 11 is 1.49. The first-order valence-corrected chi connectivity index (χ1v) is 6.23. The Labute approximate surface area is 104 Å². The Balaban J connectivity index is 3.39. The minimum absolute atomic E-state index is 0.109. The van der Waals surface area contributed by atoms with Crippen molar-refractivity contribution in [1.82, 2.24) is 5.32 Å². The lowest BCUT2D eigenvalue weighted by Crippen LogP contribution is -2.30. The molecule has 0 aromatic carbocycles. The van der Waals surface area contributed by atoms with E-state index in [9.17, 15) is 14.4 Å². The van der Waals surface area contributed by atoms with E-state index >= 15 is 0 Å². The first-order chi connectivity index (χ1) is 8.10. The highest BCUT2D eigenvalue weighted by atomic mass is 32.2. The number of nitrogens with one attached hydrogen (secondary N) is 1. The van der Waals surface area contributed by atoms with Gasteiger partial charge < -0.3 is 14.8 Å². The van der Waals surface area contributed by atoms with Crippen LogP contribution >= 0.6 is 11.8 Å². The molecule has 0 radical (unpaired) electrons. The van der Waals surface area contributed by atoms with Crippen LogP contribution in [0.5, 0.6) is 0 Å².